The molecule has 1 aliphatic rings. The largest absolute Gasteiger partial charge is 0.348 e. The van der Waals surface area contributed by atoms with Gasteiger partial charge in [0.05, 0.1) is 5.56 Å². The average Bonchev–Trinajstić information content (AvgIpc) is 3.19. The highest BCUT2D eigenvalue weighted by Crippen LogP contribution is 2.22. The second-order valence-electron chi connectivity index (χ2n) is 7.37. The van der Waals surface area contributed by atoms with Crippen LogP contribution < -0.4 is 10.0 Å². The third-order valence-corrected chi connectivity index (χ3v) is 7.79. The smallest absolute Gasteiger partial charge is 0.273 e. The molecule has 29 heavy (non-hydrogen) atoms. The molecular weight excluding hydrogens is 410 g/mol. The predicted molar refractivity (Wildman–Crippen MR) is 112 cm³/mol. The lowest BCUT2D eigenvalue weighted by molar-refractivity contribution is -0.124. The molecule has 1 saturated heterocycles. The SMILES string of the molecule is Cc1ccc(CNC(=O)c2csc(S(=O)(=O)NC(=O)C3CCN(C)CC3)c2)cc1. The quantitative estimate of drug-likeness (QED) is 0.725. The van der Waals surface area contributed by atoms with E-state index in [0.29, 0.717) is 19.4 Å². The van der Waals surface area contributed by atoms with Crippen molar-refractivity contribution in [2.45, 2.75) is 30.5 Å². The minimum Gasteiger partial charge on any atom is -0.348 e. The maximum Gasteiger partial charge on any atom is 0.273 e. The van der Waals surface area contributed by atoms with Gasteiger partial charge in [0.25, 0.3) is 15.9 Å². The summed E-state index contributed by atoms with van der Waals surface area (Å²) >= 11 is 0.926. The Morgan fingerprint density at radius 2 is 1.83 bits per heavy atom. The fourth-order valence-electron chi connectivity index (χ4n) is 3.10. The number of nitrogens with one attached hydrogen (secondary N) is 2. The molecule has 1 aromatic carbocycles. The van der Waals surface area contributed by atoms with Gasteiger partial charge < -0.3 is 10.2 Å². The Bertz CT molecular complexity index is 975. The Kier molecular flexibility index (Phi) is 6.71. The molecule has 0 spiro atoms. The van der Waals surface area contributed by atoms with Crippen LogP contribution in [0.4, 0.5) is 0 Å². The molecule has 7 nitrogen and oxygen atoms in total. The van der Waals surface area contributed by atoms with E-state index in [0.717, 1.165) is 35.6 Å². The summed E-state index contributed by atoms with van der Waals surface area (Å²) in [4.78, 5) is 26.8. The maximum absolute atomic E-state index is 12.5. The zero-order chi connectivity index (χ0) is 21.0. The molecule has 2 amide bonds. The standard InChI is InChI=1S/C20H25N3O4S2/c1-14-3-5-15(6-4-14)12-21-19(24)17-11-18(28-13-17)29(26,27)22-20(25)16-7-9-23(2)10-8-16/h3-6,11,13,16H,7-10,12H2,1-2H3,(H,21,24)(H,22,25). The van der Waals surface area contributed by atoms with E-state index in [1.165, 1.54) is 11.4 Å². The normalized spacial score (nSPS) is 15.8. The van der Waals surface area contributed by atoms with Gasteiger partial charge in [-0.1, -0.05) is 29.8 Å². The number of hydrogen-bond acceptors (Lipinski definition) is 6. The molecule has 1 aliphatic heterocycles. The monoisotopic (exact) mass is 435 g/mol. The summed E-state index contributed by atoms with van der Waals surface area (Å²) in [6.45, 7) is 3.87. The van der Waals surface area contributed by atoms with Gasteiger partial charge in [-0.15, -0.1) is 11.3 Å². The average molecular weight is 436 g/mol. The number of carbonyl (C=O) groups is 2. The lowest BCUT2D eigenvalue weighted by Gasteiger charge is -2.27. The Morgan fingerprint density at radius 3 is 2.48 bits per heavy atom. The maximum atomic E-state index is 12.5. The summed E-state index contributed by atoms with van der Waals surface area (Å²) in [6, 6.07) is 9.09. The molecule has 2 aromatic rings. The fourth-order valence-corrected chi connectivity index (χ4v) is 5.31. The van der Waals surface area contributed by atoms with Gasteiger partial charge in [0.1, 0.15) is 4.21 Å². The molecule has 9 heteroatoms. The molecule has 0 atom stereocenters. The molecule has 2 N–H and O–H groups in total. The van der Waals surface area contributed by atoms with Crippen molar-refractivity contribution in [1.29, 1.82) is 0 Å². The highest BCUT2D eigenvalue weighted by molar-refractivity contribution is 7.92. The Morgan fingerprint density at radius 1 is 1.17 bits per heavy atom. The van der Waals surface area contributed by atoms with E-state index in [9.17, 15) is 18.0 Å². The van der Waals surface area contributed by atoms with Crippen molar-refractivity contribution in [3.8, 4) is 0 Å². The molecule has 3 rings (SSSR count). The molecule has 0 radical (unpaired) electrons. The number of amides is 2. The number of rotatable bonds is 6. The molecule has 0 aliphatic carbocycles. The molecule has 0 bridgehead atoms. The van der Waals surface area contributed by atoms with Gasteiger partial charge in [0, 0.05) is 17.8 Å². The van der Waals surface area contributed by atoms with Gasteiger partial charge in [0.15, 0.2) is 0 Å². The number of likely N-dealkylation sites (tertiary alicyclic amines) is 1. The van der Waals surface area contributed by atoms with Gasteiger partial charge in [-0.05, 0) is 51.5 Å². The predicted octanol–water partition coefficient (Wildman–Crippen LogP) is 2.13. The molecule has 0 saturated carbocycles. The van der Waals surface area contributed by atoms with E-state index in [-0.39, 0.29) is 21.6 Å². The highest BCUT2D eigenvalue weighted by atomic mass is 32.2. The van der Waals surface area contributed by atoms with Crippen LogP contribution >= 0.6 is 11.3 Å². The Hall–Kier alpha value is -2.23. The third-order valence-electron chi connectivity index (χ3n) is 5.00. The van der Waals surface area contributed by atoms with E-state index in [1.54, 1.807) is 0 Å². The first-order chi connectivity index (χ1) is 13.7. The first-order valence-corrected chi connectivity index (χ1v) is 11.8. The van der Waals surface area contributed by atoms with Crippen molar-refractivity contribution in [2.75, 3.05) is 20.1 Å². The van der Waals surface area contributed by atoms with Crippen molar-refractivity contribution >= 4 is 33.2 Å². The van der Waals surface area contributed by atoms with E-state index in [2.05, 4.69) is 14.9 Å². The lowest BCUT2D eigenvalue weighted by atomic mass is 9.97. The summed E-state index contributed by atoms with van der Waals surface area (Å²) in [7, 11) is -2.01. The summed E-state index contributed by atoms with van der Waals surface area (Å²) in [5, 5.41) is 4.26. The van der Waals surface area contributed by atoms with Gasteiger partial charge >= 0.3 is 0 Å². The van der Waals surface area contributed by atoms with Crippen molar-refractivity contribution in [1.82, 2.24) is 14.9 Å². The van der Waals surface area contributed by atoms with Crippen LogP contribution in [-0.2, 0) is 21.4 Å². The van der Waals surface area contributed by atoms with E-state index in [1.807, 2.05) is 38.2 Å². The van der Waals surface area contributed by atoms with Crippen molar-refractivity contribution in [3.63, 3.8) is 0 Å². The van der Waals surface area contributed by atoms with Crippen molar-refractivity contribution in [2.24, 2.45) is 5.92 Å². The number of carbonyl (C=O) groups excluding carboxylic acids is 2. The number of aryl methyl sites for hydroxylation is 1. The molecule has 156 valence electrons. The first-order valence-electron chi connectivity index (χ1n) is 9.42. The molecule has 2 heterocycles. The number of benzene rings is 1. The van der Waals surface area contributed by atoms with Crippen LogP contribution in [0.2, 0.25) is 0 Å². The molecule has 1 fully saturated rings. The zero-order valence-electron chi connectivity index (χ0n) is 16.5. The molecule has 0 unspecified atom stereocenters. The third kappa shape index (κ3) is 5.65. The lowest BCUT2D eigenvalue weighted by Crippen LogP contribution is -2.41. The zero-order valence-corrected chi connectivity index (χ0v) is 18.1. The van der Waals surface area contributed by atoms with Gasteiger partial charge in [-0.25, -0.2) is 13.1 Å². The van der Waals surface area contributed by atoms with Crippen molar-refractivity contribution in [3.05, 3.63) is 52.4 Å². The summed E-state index contributed by atoms with van der Waals surface area (Å²) in [5.41, 5.74) is 2.35. The summed E-state index contributed by atoms with van der Waals surface area (Å²) in [5.74, 6) is -1.14. The first kappa shape index (κ1) is 21.5. The van der Waals surface area contributed by atoms with Crippen LogP contribution in [0.5, 0.6) is 0 Å². The van der Waals surface area contributed by atoms with Crippen molar-refractivity contribution < 1.29 is 18.0 Å². The number of piperidine rings is 1. The number of hydrogen-bond donors (Lipinski definition) is 2. The fraction of sp³-hybridized carbons (Fsp3) is 0.400. The number of nitrogens with zero attached hydrogens (tertiary/aromatic N) is 1. The Labute approximate surface area is 175 Å². The van der Waals surface area contributed by atoms with E-state index < -0.39 is 15.9 Å². The molecular formula is C20H25N3O4S2. The molecule has 1 aromatic heterocycles. The minimum atomic E-state index is -3.98. The second-order valence-corrected chi connectivity index (χ2v) is 10.2. The Balaban J connectivity index is 1.59. The van der Waals surface area contributed by atoms with Crippen LogP contribution in [0.3, 0.4) is 0 Å². The van der Waals surface area contributed by atoms with Crippen LogP contribution in [0.25, 0.3) is 0 Å². The van der Waals surface area contributed by atoms with Gasteiger partial charge in [0.2, 0.25) is 5.91 Å². The van der Waals surface area contributed by atoms with Crippen LogP contribution in [0, 0.1) is 12.8 Å². The van der Waals surface area contributed by atoms with Crippen LogP contribution in [0.1, 0.15) is 34.3 Å². The second kappa shape index (κ2) is 9.06. The number of sulfonamides is 1. The summed E-state index contributed by atoms with van der Waals surface area (Å²) < 4.78 is 27.2. The highest BCUT2D eigenvalue weighted by Gasteiger charge is 2.28. The van der Waals surface area contributed by atoms with Crippen LogP contribution in [-0.4, -0.2) is 45.3 Å². The van der Waals surface area contributed by atoms with E-state index in [4.69, 9.17) is 0 Å². The number of thiophene rings is 1. The topological polar surface area (TPSA) is 95.6 Å². The van der Waals surface area contributed by atoms with Crippen LogP contribution in [0.15, 0.2) is 39.9 Å². The van der Waals surface area contributed by atoms with Gasteiger partial charge in [-0.3, -0.25) is 9.59 Å². The summed E-state index contributed by atoms with van der Waals surface area (Å²) in [6.07, 6.45) is 1.27. The minimum absolute atomic E-state index is 0.0423. The van der Waals surface area contributed by atoms with Gasteiger partial charge in [-0.2, -0.15) is 0 Å². The van der Waals surface area contributed by atoms with E-state index >= 15 is 0 Å².